The monoisotopic (exact) mass is 488 g/mol. The lowest BCUT2D eigenvalue weighted by molar-refractivity contribution is 0.125. The van der Waals surface area contributed by atoms with Gasteiger partial charge in [-0.25, -0.2) is 0 Å². The fraction of sp³-hybridized carbons (Fsp3) is 0.520. The van der Waals surface area contributed by atoms with Crippen molar-refractivity contribution >= 4 is 15.9 Å². The third-order valence-corrected chi connectivity index (χ3v) is 6.42. The largest absolute Gasteiger partial charge is 0.497 e. The highest BCUT2D eigenvalue weighted by molar-refractivity contribution is 9.10. The molecule has 0 spiro atoms. The predicted molar refractivity (Wildman–Crippen MR) is 132 cm³/mol. The standard InChI is InChI=1S/C25H37BrN4O/c1-31-25-9-3-7-23(19-25)21-30(20-22-6-2-8-24(26)18-22)13-5-12-29-16-14-28(15-17-29)11-4-10-27/h2-3,6-9,18-19H,4-5,10-17,20-21,27H2,1H3. The third-order valence-electron chi connectivity index (χ3n) is 5.93. The summed E-state index contributed by atoms with van der Waals surface area (Å²) in [6, 6.07) is 17.1. The van der Waals surface area contributed by atoms with Gasteiger partial charge in [0.1, 0.15) is 5.75 Å². The van der Waals surface area contributed by atoms with Crippen LogP contribution in [0.25, 0.3) is 0 Å². The van der Waals surface area contributed by atoms with Gasteiger partial charge < -0.3 is 20.3 Å². The molecule has 1 saturated heterocycles. The second kappa shape index (κ2) is 13.2. The second-order valence-electron chi connectivity index (χ2n) is 8.37. The number of benzene rings is 2. The minimum atomic E-state index is 0.793. The van der Waals surface area contributed by atoms with Gasteiger partial charge in [-0.05, 0) is 67.9 Å². The molecule has 0 unspecified atom stereocenters. The number of nitrogens with zero attached hydrogens (tertiary/aromatic N) is 3. The molecule has 5 nitrogen and oxygen atoms in total. The summed E-state index contributed by atoms with van der Waals surface area (Å²) < 4.78 is 6.56. The van der Waals surface area contributed by atoms with Crippen molar-refractivity contribution < 1.29 is 4.74 Å². The highest BCUT2D eigenvalue weighted by Gasteiger charge is 2.16. The Kier molecular flexibility index (Phi) is 10.3. The van der Waals surface area contributed by atoms with Crippen molar-refractivity contribution in [3.8, 4) is 5.75 Å². The number of hydrogen-bond acceptors (Lipinski definition) is 5. The molecule has 2 aromatic rings. The molecule has 0 aliphatic carbocycles. The molecule has 3 rings (SSSR count). The molecular formula is C25H37BrN4O. The third kappa shape index (κ3) is 8.54. The SMILES string of the molecule is COc1cccc(CN(CCCN2CCN(CCCN)CC2)Cc2cccc(Br)c2)c1. The number of rotatable bonds is 12. The number of ether oxygens (including phenoxy) is 1. The lowest BCUT2D eigenvalue weighted by Crippen LogP contribution is -2.47. The van der Waals surface area contributed by atoms with Crippen LogP contribution in [0.3, 0.4) is 0 Å². The molecule has 2 N–H and O–H groups in total. The molecule has 31 heavy (non-hydrogen) atoms. The first-order valence-electron chi connectivity index (χ1n) is 11.4. The molecule has 1 aliphatic heterocycles. The minimum absolute atomic E-state index is 0.793. The molecule has 170 valence electrons. The zero-order valence-electron chi connectivity index (χ0n) is 18.8. The lowest BCUT2D eigenvalue weighted by atomic mass is 10.1. The van der Waals surface area contributed by atoms with Crippen LogP contribution in [0, 0.1) is 0 Å². The maximum atomic E-state index is 5.65. The quantitative estimate of drug-likeness (QED) is 0.491. The average molecular weight is 490 g/mol. The summed E-state index contributed by atoms with van der Waals surface area (Å²) in [6.45, 7) is 10.7. The second-order valence-corrected chi connectivity index (χ2v) is 9.29. The first-order valence-corrected chi connectivity index (χ1v) is 12.2. The van der Waals surface area contributed by atoms with Crippen molar-refractivity contribution in [2.75, 3.05) is 59.5 Å². The Bertz CT molecular complexity index is 780. The molecule has 2 aromatic carbocycles. The normalized spacial score (nSPS) is 15.5. The first-order chi connectivity index (χ1) is 15.2. The van der Waals surface area contributed by atoms with Crippen LogP contribution in [0.4, 0.5) is 0 Å². The van der Waals surface area contributed by atoms with Crippen LogP contribution in [-0.4, -0.2) is 74.2 Å². The Balaban J connectivity index is 1.52. The van der Waals surface area contributed by atoms with Gasteiger partial charge in [-0.2, -0.15) is 0 Å². The van der Waals surface area contributed by atoms with E-state index in [1.54, 1.807) is 7.11 Å². The molecule has 0 amide bonds. The molecular weight excluding hydrogens is 452 g/mol. The molecule has 1 aliphatic rings. The smallest absolute Gasteiger partial charge is 0.119 e. The highest BCUT2D eigenvalue weighted by Crippen LogP contribution is 2.18. The van der Waals surface area contributed by atoms with E-state index in [0.717, 1.165) is 55.9 Å². The summed E-state index contributed by atoms with van der Waals surface area (Å²) in [7, 11) is 1.73. The number of methoxy groups -OCH3 is 1. The van der Waals surface area contributed by atoms with Gasteiger partial charge in [-0.1, -0.05) is 40.2 Å². The van der Waals surface area contributed by atoms with Gasteiger partial charge >= 0.3 is 0 Å². The Morgan fingerprint density at radius 3 is 2.13 bits per heavy atom. The van der Waals surface area contributed by atoms with E-state index in [4.69, 9.17) is 10.5 Å². The van der Waals surface area contributed by atoms with E-state index in [1.807, 2.05) is 6.07 Å². The van der Waals surface area contributed by atoms with Crippen molar-refractivity contribution in [2.45, 2.75) is 25.9 Å². The number of halogens is 1. The van der Waals surface area contributed by atoms with Crippen molar-refractivity contribution in [2.24, 2.45) is 5.73 Å². The fourth-order valence-corrected chi connectivity index (χ4v) is 4.65. The van der Waals surface area contributed by atoms with Crippen LogP contribution in [0.5, 0.6) is 5.75 Å². The number of hydrogen-bond donors (Lipinski definition) is 1. The van der Waals surface area contributed by atoms with Gasteiger partial charge in [0.15, 0.2) is 0 Å². The van der Waals surface area contributed by atoms with E-state index >= 15 is 0 Å². The summed E-state index contributed by atoms with van der Waals surface area (Å²) in [5.74, 6) is 0.924. The van der Waals surface area contributed by atoms with Crippen LogP contribution in [0.1, 0.15) is 24.0 Å². The van der Waals surface area contributed by atoms with Crippen LogP contribution in [0.15, 0.2) is 53.0 Å². The Morgan fingerprint density at radius 2 is 1.52 bits per heavy atom. The van der Waals surface area contributed by atoms with Gasteiger partial charge in [0, 0.05) is 50.3 Å². The zero-order valence-corrected chi connectivity index (χ0v) is 20.4. The number of nitrogens with two attached hydrogens (primary N) is 1. The van der Waals surface area contributed by atoms with Crippen LogP contribution in [0.2, 0.25) is 0 Å². The predicted octanol–water partition coefficient (Wildman–Crippen LogP) is 3.82. The summed E-state index contributed by atoms with van der Waals surface area (Å²) in [5, 5.41) is 0. The van der Waals surface area contributed by atoms with Crippen LogP contribution in [-0.2, 0) is 13.1 Å². The highest BCUT2D eigenvalue weighted by atomic mass is 79.9. The molecule has 0 atom stereocenters. The van der Waals surface area contributed by atoms with E-state index in [1.165, 1.54) is 43.7 Å². The van der Waals surface area contributed by atoms with E-state index < -0.39 is 0 Å². The molecule has 0 bridgehead atoms. The maximum absolute atomic E-state index is 5.65. The van der Waals surface area contributed by atoms with Crippen molar-refractivity contribution in [1.82, 2.24) is 14.7 Å². The van der Waals surface area contributed by atoms with Crippen LogP contribution < -0.4 is 10.5 Å². The van der Waals surface area contributed by atoms with Crippen LogP contribution >= 0.6 is 15.9 Å². The van der Waals surface area contributed by atoms with E-state index in [2.05, 4.69) is 73.1 Å². The summed E-state index contributed by atoms with van der Waals surface area (Å²) in [5.41, 5.74) is 8.28. The molecule has 0 aromatic heterocycles. The fourth-order valence-electron chi connectivity index (χ4n) is 4.21. The average Bonchev–Trinajstić information content (AvgIpc) is 2.78. The van der Waals surface area contributed by atoms with Gasteiger partial charge in [0.2, 0.25) is 0 Å². The Morgan fingerprint density at radius 1 is 0.903 bits per heavy atom. The van der Waals surface area contributed by atoms with Gasteiger partial charge in [0.05, 0.1) is 7.11 Å². The summed E-state index contributed by atoms with van der Waals surface area (Å²) in [4.78, 5) is 7.71. The van der Waals surface area contributed by atoms with Crippen molar-refractivity contribution in [1.29, 1.82) is 0 Å². The lowest BCUT2D eigenvalue weighted by Gasteiger charge is -2.35. The summed E-state index contributed by atoms with van der Waals surface area (Å²) in [6.07, 6.45) is 2.29. The van der Waals surface area contributed by atoms with Gasteiger partial charge in [-0.15, -0.1) is 0 Å². The molecule has 6 heteroatoms. The van der Waals surface area contributed by atoms with E-state index in [-0.39, 0.29) is 0 Å². The Hall–Kier alpha value is -1.44. The Labute approximate surface area is 196 Å². The molecule has 1 heterocycles. The van der Waals surface area contributed by atoms with E-state index in [9.17, 15) is 0 Å². The van der Waals surface area contributed by atoms with E-state index in [0.29, 0.717) is 0 Å². The zero-order chi connectivity index (χ0) is 21.9. The number of piperazine rings is 1. The molecule has 0 saturated carbocycles. The van der Waals surface area contributed by atoms with Crippen molar-refractivity contribution in [3.05, 3.63) is 64.1 Å². The summed E-state index contributed by atoms with van der Waals surface area (Å²) >= 11 is 3.61. The topological polar surface area (TPSA) is 45.0 Å². The molecule has 1 fully saturated rings. The molecule has 0 radical (unpaired) electrons. The maximum Gasteiger partial charge on any atom is 0.119 e. The van der Waals surface area contributed by atoms with Gasteiger partial charge in [0.25, 0.3) is 0 Å². The van der Waals surface area contributed by atoms with Crippen molar-refractivity contribution in [3.63, 3.8) is 0 Å². The van der Waals surface area contributed by atoms with Gasteiger partial charge in [-0.3, -0.25) is 4.90 Å². The first kappa shape index (κ1) is 24.2. The minimum Gasteiger partial charge on any atom is -0.497 e.